The number of carboxylic acids is 1. The number of amides is 3. The molecule has 41 heavy (non-hydrogen) atoms. The summed E-state index contributed by atoms with van der Waals surface area (Å²) in [5.74, 6) is -1.26. The lowest BCUT2D eigenvalue weighted by Gasteiger charge is -2.39. The number of benzene rings is 1. The third kappa shape index (κ3) is 5.17. The van der Waals surface area contributed by atoms with Crippen molar-refractivity contribution in [3.8, 4) is 0 Å². The first-order valence-electron chi connectivity index (χ1n) is 14.7. The summed E-state index contributed by atoms with van der Waals surface area (Å²) in [5, 5.41) is 15.5. The molecule has 2 aliphatic carbocycles. The first-order chi connectivity index (χ1) is 19.4. The van der Waals surface area contributed by atoms with E-state index in [1.807, 2.05) is 30.5 Å². The van der Waals surface area contributed by atoms with Crippen molar-refractivity contribution in [2.45, 2.75) is 90.3 Å². The summed E-state index contributed by atoms with van der Waals surface area (Å²) in [6.07, 6.45) is 5.04. The Balaban J connectivity index is 1.38. The predicted molar refractivity (Wildman–Crippen MR) is 153 cm³/mol. The van der Waals surface area contributed by atoms with E-state index < -0.39 is 23.6 Å². The van der Waals surface area contributed by atoms with Crippen LogP contribution in [0.25, 0.3) is 10.9 Å². The van der Waals surface area contributed by atoms with Crippen molar-refractivity contribution in [1.29, 1.82) is 0 Å². The average molecular weight is 567 g/mol. The second-order valence-electron chi connectivity index (χ2n) is 13.1. The molecule has 3 aliphatic rings. The molecule has 0 radical (unpaired) electrons. The van der Waals surface area contributed by atoms with Crippen LogP contribution in [0.4, 0.5) is 4.79 Å². The SMILES string of the molecule is CC1(C)C2CC[C@]1(C)C(OC(=O)N[C@](C)(Cc1c[nH]c3ccccc13)C(=O)N1CCC[C@H]1C(=O)NCCC(=O)O)C2. The molecule has 2 unspecified atom stereocenters. The number of aromatic nitrogens is 1. The molecule has 0 spiro atoms. The van der Waals surface area contributed by atoms with Gasteiger partial charge in [-0.1, -0.05) is 39.0 Å². The number of alkyl carbamates (subject to hydrolysis) is 1. The number of carbonyl (C=O) groups is 4. The van der Waals surface area contributed by atoms with Crippen LogP contribution in [0.1, 0.15) is 71.8 Å². The quantitative estimate of drug-likeness (QED) is 0.362. The maximum absolute atomic E-state index is 14.3. The number of hydrogen-bond donors (Lipinski definition) is 4. The molecule has 1 saturated heterocycles. The number of para-hydroxylation sites is 1. The zero-order chi connectivity index (χ0) is 29.6. The highest BCUT2D eigenvalue weighted by atomic mass is 16.6. The Morgan fingerprint density at radius 2 is 1.93 bits per heavy atom. The molecule has 3 amide bonds. The summed E-state index contributed by atoms with van der Waals surface area (Å²) in [4.78, 5) is 56.4. The zero-order valence-electron chi connectivity index (χ0n) is 24.4. The fraction of sp³-hybridized carbons (Fsp3) is 0.613. The molecule has 1 aromatic carbocycles. The van der Waals surface area contributed by atoms with Crippen molar-refractivity contribution < 1.29 is 29.0 Å². The minimum atomic E-state index is -1.39. The van der Waals surface area contributed by atoms with E-state index in [0.29, 0.717) is 25.3 Å². The lowest BCUT2D eigenvalue weighted by atomic mass is 9.70. The minimum absolute atomic E-state index is 0.0125. The van der Waals surface area contributed by atoms with Crippen LogP contribution in [0.15, 0.2) is 30.5 Å². The third-order valence-corrected chi connectivity index (χ3v) is 10.5. The first kappa shape index (κ1) is 29.0. The second-order valence-corrected chi connectivity index (χ2v) is 13.1. The van der Waals surface area contributed by atoms with Gasteiger partial charge in [-0.15, -0.1) is 0 Å². The van der Waals surface area contributed by atoms with Gasteiger partial charge < -0.3 is 30.4 Å². The van der Waals surface area contributed by atoms with Gasteiger partial charge in [-0.2, -0.15) is 0 Å². The van der Waals surface area contributed by atoms with Crippen LogP contribution >= 0.6 is 0 Å². The molecule has 1 aliphatic heterocycles. The van der Waals surface area contributed by atoms with Crippen molar-refractivity contribution in [3.05, 3.63) is 36.0 Å². The molecule has 10 nitrogen and oxygen atoms in total. The number of carboxylic acid groups (broad SMARTS) is 1. The van der Waals surface area contributed by atoms with E-state index >= 15 is 0 Å². The number of nitrogens with one attached hydrogen (secondary N) is 3. The molecular weight excluding hydrogens is 524 g/mol. The molecule has 10 heteroatoms. The van der Waals surface area contributed by atoms with Crippen LogP contribution in [0, 0.1) is 16.7 Å². The fourth-order valence-electron chi connectivity index (χ4n) is 7.53. The van der Waals surface area contributed by atoms with Gasteiger partial charge >= 0.3 is 12.1 Å². The van der Waals surface area contributed by atoms with Crippen LogP contribution in [-0.4, -0.2) is 69.6 Å². The lowest BCUT2D eigenvalue weighted by molar-refractivity contribution is -0.143. The maximum atomic E-state index is 14.3. The molecule has 3 fully saturated rings. The van der Waals surface area contributed by atoms with Gasteiger partial charge in [0.25, 0.3) is 0 Å². The molecular formula is C31H42N4O6. The smallest absolute Gasteiger partial charge is 0.408 e. The van der Waals surface area contributed by atoms with E-state index in [-0.39, 0.29) is 48.1 Å². The van der Waals surface area contributed by atoms with Crippen molar-refractivity contribution >= 4 is 34.8 Å². The Morgan fingerprint density at radius 1 is 1.17 bits per heavy atom. The number of rotatable bonds is 9. The van der Waals surface area contributed by atoms with E-state index in [9.17, 15) is 19.2 Å². The van der Waals surface area contributed by atoms with Crippen LogP contribution < -0.4 is 10.6 Å². The van der Waals surface area contributed by atoms with Crippen LogP contribution in [-0.2, 0) is 25.5 Å². The average Bonchev–Trinajstić information content (AvgIpc) is 3.65. The number of aliphatic carboxylic acids is 1. The van der Waals surface area contributed by atoms with E-state index in [1.54, 1.807) is 6.92 Å². The summed E-state index contributed by atoms with van der Waals surface area (Å²) in [6, 6.07) is 7.04. The summed E-state index contributed by atoms with van der Waals surface area (Å²) in [6.45, 7) is 8.76. The summed E-state index contributed by atoms with van der Waals surface area (Å²) in [5.41, 5.74) is 0.346. The Kier molecular flexibility index (Phi) is 7.55. The summed E-state index contributed by atoms with van der Waals surface area (Å²) in [7, 11) is 0. The topological polar surface area (TPSA) is 141 Å². The molecule has 2 saturated carbocycles. The monoisotopic (exact) mass is 566 g/mol. The molecule has 222 valence electrons. The van der Waals surface area contributed by atoms with Gasteiger partial charge in [0.15, 0.2) is 0 Å². The largest absolute Gasteiger partial charge is 0.481 e. The highest BCUT2D eigenvalue weighted by Gasteiger charge is 2.63. The number of aromatic amines is 1. The highest BCUT2D eigenvalue weighted by Crippen LogP contribution is 2.66. The van der Waals surface area contributed by atoms with Gasteiger partial charge in [0.2, 0.25) is 11.8 Å². The normalized spacial score (nSPS) is 27.9. The maximum Gasteiger partial charge on any atom is 0.408 e. The van der Waals surface area contributed by atoms with Crippen LogP contribution in [0.5, 0.6) is 0 Å². The van der Waals surface area contributed by atoms with E-state index in [0.717, 1.165) is 35.7 Å². The Morgan fingerprint density at radius 3 is 2.61 bits per heavy atom. The van der Waals surface area contributed by atoms with Gasteiger partial charge in [-0.05, 0) is 62.0 Å². The van der Waals surface area contributed by atoms with E-state index in [4.69, 9.17) is 9.84 Å². The first-order valence-corrected chi connectivity index (χ1v) is 14.7. The summed E-state index contributed by atoms with van der Waals surface area (Å²) < 4.78 is 6.09. The van der Waals surface area contributed by atoms with E-state index in [2.05, 4.69) is 36.4 Å². The number of nitrogens with zero attached hydrogens (tertiary/aromatic N) is 1. The van der Waals surface area contributed by atoms with Gasteiger partial charge in [-0.3, -0.25) is 14.4 Å². The third-order valence-electron chi connectivity index (χ3n) is 10.5. The molecule has 2 heterocycles. The van der Waals surface area contributed by atoms with Gasteiger partial charge in [0.05, 0.1) is 6.42 Å². The standard InChI is InChI=1S/C31H42N4O6/c1-29(2)20-11-13-30(29,3)24(16-20)41-28(40)34-31(4,17-19-18-33-22-9-6-5-8-21(19)22)27(39)35-15-7-10-23(35)26(38)32-14-12-25(36)37/h5-6,8-9,18,20,23-24,33H,7,10-17H2,1-4H3,(H,32,38)(H,34,40)(H,36,37)/t20?,23-,24?,30+,31+/m0/s1. The number of hydrogen-bond acceptors (Lipinski definition) is 5. The molecule has 2 aromatic rings. The molecule has 5 atom stereocenters. The number of likely N-dealkylation sites (tertiary alicyclic amines) is 1. The Hall–Kier alpha value is -3.56. The van der Waals surface area contributed by atoms with Crippen LogP contribution in [0.2, 0.25) is 0 Å². The lowest BCUT2D eigenvalue weighted by Crippen LogP contribution is -2.62. The molecule has 5 rings (SSSR count). The number of fused-ring (bicyclic) bond motifs is 3. The van der Waals surface area contributed by atoms with E-state index in [1.165, 1.54) is 4.90 Å². The second kappa shape index (κ2) is 10.7. The Bertz CT molecular complexity index is 1350. The highest BCUT2D eigenvalue weighted by molar-refractivity contribution is 5.95. The van der Waals surface area contributed by atoms with Gasteiger partial charge in [0, 0.05) is 42.0 Å². The fourth-order valence-corrected chi connectivity index (χ4v) is 7.53. The number of carbonyl (C=O) groups excluding carboxylic acids is 3. The van der Waals surface area contributed by atoms with Crippen molar-refractivity contribution in [3.63, 3.8) is 0 Å². The molecule has 4 N–H and O–H groups in total. The minimum Gasteiger partial charge on any atom is -0.481 e. The Labute approximate surface area is 240 Å². The van der Waals surface area contributed by atoms with Crippen molar-refractivity contribution in [2.24, 2.45) is 16.7 Å². The number of ether oxygens (including phenoxy) is 1. The van der Waals surface area contributed by atoms with Gasteiger partial charge in [0.1, 0.15) is 17.7 Å². The van der Waals surface area contributed by atoms with Crippen LogP contribution in [0.3, 0.4) is 0 Å². The van der Waals surface area contributed by atoms with Crippen molar-refractivity contribution in [1.82, 2.24) is 20.5 Å². The zero-order valence-corrected chi connectivity index (χ0v) is 24.4. The van der Waals surface area contributed by atoms with Gasteiger partial charge in [-0.25, -0.2) is 4.79 Å². The predicted octanol–water partition coefficient (Wildman–Crippen LogP) is 3.99. The molecule has 1 aromatic heterocycles. The summed E-state index contributed by atoms with van der Waals surface area (Å²) >= 11 is 0. The number of H-pyrrole nitrogens is 1. The van der Waals surface area contributed by atoms with Crippen molar-refractivity contribution in [2.75, 3.05) is 13.1 Å². The molecule has 2 bridgehead atoms.